The van der Waals surface area contributed by atoms with Crippen LogP contribution in [0.2, 0.25) is 0 Å². The fraction of sp³-hybridized carbons (Fsp3) is 0.500. The van der Waals surface area contributed by atoms with Gasteiger partial charge in [0.15, 0.2) is 0 Å². The molecule has 0 unspecified atom stereocenters. The zero-order valence-corrected chi connectivity index (χ0v) is 13.5. The van der Waals surface area contributed by atoms with Gasteiger partial charge in [-0.3, -0.25) is 0 Å². The van der Waals surface area contributed by atoms with Crippen molar-refractivity contribution in [2.75, 3.05) is 7.05 Å². The van der Waals surface area contributed by atoms with Gasteiger partial charge < -0.3 is 9.64 Å². The first-order valence-electron chi connectivity index (χ1n) is 5.99. The molecule has 3 nitrogen and oxygen atoms in total. The van der Waals surface area contributed by atoms with Gasteiger partial charge in [0, 0.05) is 13.6 Å². The molecule has 0 radical (unpaired) electrons. The van der Waals surface area contributed by atoms with Gasteiger partial charge in [-0.15, -0.1) is 0 Å². The Kier molecular flexibility index (Phi) is 4.96. The Morgan fingerprint density at radius 3 is 2.47 bits per heavy atom. The minimum atomic E-state index is -0.535. The maximum absolute atomic E-state index is 13.6. The van der Waals surface area contributed by atoms with E-state index in [2.05, 4.69) is 15.9 Å². The van der Waals surface area contributed by atoms with Crippen LogP contribution >= 0.6 is 15.9 Å². The standard InChI is InChI=1S/C14H19BrFNO2/c1-9-6-10(7-11(16)12(9)15)8-17(5)13(18)19-14(2,3)4/h6-7H,8H2,1-5H3. The SMILES string of the molecule is Cc1cc(CN(C)C(=O)OC(C)(C)C)cc(F)c1Br. The lowest BCUT2D eigenvalue weighted by atomic mass is 10.1. The molecule has 0 aliphatic carbocycles. The predicted octanol–water partition coefficient (Wildman–Crippen LogP) is 4.26. The van der Waals surface area contributed by atoms with Crippen molar-refractivity contribution >= 4 is 22.0 Å². The lowest BCUT2D eigenvalue weighted by molar-refractivity contribution is 0.0285. The molecule has 0 fully saturated rings. The minimum absolute atomic E-state index is 0.306. The van der Waals surface area contributed by atoms with Crippen LogP contribution in [0.25, 0.3) is 0 Å². The predicted molar refractivity (Wildman–Crippen MR) is 76.5 cm³/mol. The van der Waals surface area contributed by atoms with Crippen LogP contribution in [-0.2, 0) is 11.3 Å². The number of hydrogen-bond donors (Lipinski definition) is 0. The van der Waals surface area contributed by atoms with Gasteiger partial charge in [0.2, 0.25) is 0 Å². The molecular formula is C14H19BrFNO2. The largest absolute Gasteiger partial charge is 0.444 e. The summed E-state index contributed by atoms with van der Waals surface area (Å²) in [6.07, 6.45) is -0.423. The van der Waals surface area contributed by atoms with E-state index >= 15 is 0 Å². The van der Waals surface area contributed by atoms with Crippen molar-refractivity contribution in [3.05, 3.63) is 33.5 Å². The summed E-state index contributed by atoms with van der Waals surface area (Å²) in [7, 11) is 1.63. The van der Waals surface area contributed by atoms with Gasteiger partial charge in [-0.1, -0.05) is 6.07 Å². The fourth-order valence-electron chi connectivity index (χ4n) is 1.57. The minimum Gasteiger partial charge on any atom is -0.444 e. The molecule has 1 aromatic carbocycles. The van der Waals surface area contributed by atoms with Gasteiger partial charge >= 0.3 is 6.09 Å². The number of benzene rings is 1. The Labute approximate surface area is 121 Å². The molecule has 5 heteroatoms. The third kappa shape index (κ3) is 4.82. The highest BCUT2D eigenvalue weighted by Gasteiger charge is 2.20. The molecule has 0 aliphatic rings. The fourth-order valence-corrected chi connectivity index (χ4v) is 1.80. The molecule has 0 heterocycles. The van der Waals surface area contributed by atoms with Crippen LogP contribution in [0.4, 0.5) is 9.18 Å². The van der Waals surface area contributed by atoms with Crippen LogP contribution in [0.3, 0.4) is 0 Å². The third-order valence-corrected chi connectivity index (χ3v) is 3.40. The van der Waals surface area contributed by atoms with E-state index in [4.69, 9.17) is 4.74 Å². The van der Waals surface area contributed by atoms with Gasteiger partial charge in [-0.05, 0) is 60.8 Å². The van der Waals surface area contributed by atoms with Crippen molar-refractivity contribution in [1.82, 2.24) is 4.90 Å². The topological polar surface area (TPSA) is 29.5 Å². The summed E-state index contributed by atoms with van der Waals surface area (Å²) in [6, 6.07) is 3.26. The normalized spacial score (nSPS) is 11.3. The maximum atomic E-state index is 13.6. The number of hydrogen-bond acceptors (Lipinski definition) is 2. The van der Waals surface area contributed by atoms with E-state index in [1.54, 1.807) is 7.05 Å². The van der Waals surface area contributed by atoms with E-state index in [0.717, 1.165) is 11.1 Å². The molecule has 1 amide bonds. The third-order valence-electron chi connectivity index (χ3n) is 2.39. The first kappa shape index (κ1) is 16.0. The number of rotatable bonds is 2. The maximum Gasteiger partial charge on any atom is 0.410 e. The molecule has 0 saturated heterocycles. The first-order chi connectivity index (χ1) is 8.60. The molecule has 0 bridgehead atoms. The second-order valence-electron chi connectivity index (χ2n) is 5.54. The van der Waals surface area contributed by atoms with Gasteiger partial charge in [-0.25, -0.2) is 9.18 Å². The van der Waals surface area contributed by atoms with Crippen LogP contribution < -0.4 is 0 Å². The summed E-state index contributed by atoms with van der Waals surface area (Å²) < 4.78 is 19.3. The summed E-state index contributed by atoms with van der Waals surface area (Å²) in [5.74, 6) is -0.326. The number of amides is 1. The van der Waals surface area contributed by atoms with Crippen molar-refractivity contribution < 1.29 is 13.9 Å². The molecule has 19 heavy (non-hydrogen) atoms. The Morgan fingerprint density at radius 1 is 1.42 bits per heavy atom. The average molecular weight is 332 g/mol. The summed E-state index contributed by atoms with van der Waals surface area (Å²) in [5.41, 5.74) is 0.991. The van der Waals surface area contributed by atoms with Crippen LogP contribution in [0.5, 0.6) is 0 Å². The van der Waals surface area contributed by atoms with Crippen LogP contribution in [0, 0.1) is 12.7 Å². The van der Waals surface area contributed by atoms with Crippen molar-refractivity contribution in [2.24, 2.45) is 0 Å². The van der Waals surface area contributed by atoms with Crippen LogP contribution in [0.15, 0.2) is 16.6 Å². The second kappa shape index (κ2) is 5.90. The summed E-state index contributed by atoms with van der Waals surface area (Å²) in [5, 5.41) is 0. The first-order valence-corrected chi connectivity index (χ1v) is 6.78. The molecule has 0 aromatic heterocycles. The monoisotopic (exact) mass is 331 g/mol. The molecule has 0 saturated carbocycles. The molecule has 1 rings (SSSR count). The average Bonchev–Trinajstić information content (AvgIpc) is 2.23. The van der Waals surface area contributed by atoms with Gasteiger partial charge in [0.25, 0.3) is 0 Å². The quantitative estimate of drug-likeness (QED) is 0.810. The molecule has 0 N–H and O–H groups in total. The number of halogens is 2. The van der Waals surface area contributed by atoms with E-state index in [1.807, 2.05) is 33.8 Å². The number of ether oxygens (including phenoxy) is 1. The zero-order chi connectivity index (χ0) is 14.8. The smallest absolute Gasteiger partial charge is 0.410 e. The summed E-state index contributed by atoms with van der Waals surface area (Å²) >= 11 is 3.17. The highest BCUT2D eigenvalue weighted by molar-refractivity contribution is 9.10. The lowest BCUT2D eigenvalue weighted by Crippen LogP contribution is -2.33. The highest BCUT2D eigenvalue weighted by Crippen LogP contribution is 2.22. The number of carbonyl (C=O) groups is 1. The number of nitrogens with zero attached hydrogens (tertiary/aromatic N) is 1. The van der Waals surface area contributed by atoms with E-state index in [-0.39, 0.29) is 5.82 Å². The molecular weight excluding hydrogens is 313 g/mol. The number of carbonyl (C=O) groups excluding carboxylic acids is 1. The Hall–Kier alpha value is -1.10. The van der Waals surface area contributed by atoms with E-state index in [0.29, 0.717) is 11.0 Å². The van der Waals surface area contributed by atoms with Crippen LogP contribution in [0.1, 0.15) is 31.9 Å². The van der Waals surface area contributed by atoms with Crippen molar-refractivity contribution in [3.63, 3.8) is 0 Å². The Morgan fingerprint density at radius 2 is 2.00 bits per heavy atom. The zero-order valence-electron chi connectivity index (χ0n) is 11.9. The number of aryl methyl sites for hydroxylation is 1. The van der Waals surface area contributed by atoms with Gasteiger partial charge in [0.05, 0.1) is 4.47 Å². The summed E-state index contributed by atoms with van der Waals surface area (Å²) in [4.78, 5) is 13.2. The summed E-state index contributed by atoms with van der Waals surface area (Å²) in [6.45, 7) is 7.54. The molecule has 1 aromatic rings. The van der Waals surface area contributed by atoms with Crippen molar-refractivity contribution in [1.29, 1.82) is 0 Å². The van der Waals surface area contributed by atoms with Gasteiger partial charge in [0.1, 0.15) is 11.4 Å². The van der Waals surface area contributed by atoms with E-state index < -0.39 is 11.7 Å². The van der Waals surface area contributed by atoms with E-state index in [1.165, 1.54) is 11.0 Å². The highest BCUT2D eigenvalue weighted by atomic mass is 79.9. The van der Waals surface area contributed by atoms with Crippen molar-refractivity contribution in [2.45, 2.75) is 39.8 Å². The molecule has 106 valence electrons. The second-order valence-corrected chi connectivity index (χ2v) is 6.34. The van der Waals surface area contributed by atoms with Crippen LogP contribution in [-0.4, -0.2) is 23.6 Å². The van der Waals surface area contributed by atoms with E-state index in [9.17, 15) is 9.18 Å². The van der Waals surface area contributed by atoms with Gasteiger partial charge in [-0.2, -0.15) is 0 Å². The molecule has 0 spiro atoms. The lowest BCUT2D eigenvalue weighted by Gasteiger charge is -2.24. The Balaban J connectivity index is 2.77. The molecule has 0 aliphatic heterocycles. The molecule has 0 atom stereocenters. The Bertz CT molecular complexity index is 460. The van der Waals surface area contributed by atoms with Crippen molar-refractivity contribution in [3.8, 4) is 0 Å².